The number of benzene rings is 1. The lowest BCUT2D eigenvalue weighted by molar-refractivity contribution is -0.133. The van der Waals surface area contributed by atoms with E-state index < -0.39 is 0 Å². The van der Waals surface area contributed by atoms with E-state index in [1.807, 2.05) is 30.0 Å². The van der Waals surface area contributed by atoms with Crippen LogP contribution >= 0.6 is 34.3 Å². The first-order chi connectivity index (χ1) is 14.5. The molecular formula is C22H22ClN3O2S2. The summed E-state index contributed by atoms with van der Waals surface area (Å²) in [6.07, 6.45) is 3.70. The maximum absolute atomic E-state index is 12.5. The van der Waals surface area contributed by atoms with Gasteiger partial charge in [-0.1, -0.05) is 29.8 Å². The molecule has 1 aromatic carbocycles. The van der Waals surface area contributed by atoms with E-state index in [1.54, 1.807) is 17.5 Å². The molecule has 0 spiro atoms. The van der Waals surface area contributed by atoms with Gasteiger partial charge in [0.2, 0.25) is 11.8 Å². The van der Waals surface area contributed by atoms with Crippen LogP contribution in [0, 0.1) is 6.92 Å². The van der Waals surface area contributed by atoms with Crippen LogP contribution in [-0.2, 0) is 29.0 Å². The summed E-state index contributed by atoms with van der Waals surface area (Å²) < 4.78 is 0. The molecule has 1 aliphatic heterocycles. The third-order valence-electron chi connectivity index (χ3n) is 5.16. The number of aryl methyl sites for hydroxylation is 1. The van der Waals surface area contributed by atoms with Crippen molar-refractivity contribution in [1.29, 1.82) is 0 Å². The van der Waals surface area contributed by atoms with Crippen molar-refractivity contribution < 1.29 is 9.59 Å². The monoisotopic (exact) mass is 459 g/mol. The Labute approximate surface area is 188 Å². The number of hydrogen-bond donors (Lipinski definition) is 1. The highest BCUT2D eigenvalue weighted by Crippen LogP contribution is 2.27. The Morgan fingerprint density at radius 2 is 2.13 bits per heavy atom. The predicted octanol–water partition coefficient (Wildman–Crippen LogP) is 5.06. The van der Waals surface area contributed by atoms with Crippen molar-refractivity contribution >= 4 is 51.2 Å². The van der Waals surface area contributed by atoms with Crippen LogP contribution < -0.4 is 5.32 Å². The van der Waals surface area contributed by atoms with E-state index in [2.05, 4.69) is 21.7 Å². The fraction of sp³-hybridized carbons (Fsp3) is 0.318. The van der Waals surface area contributed by atoms with Gasteiger partial charge in [0.1, 0.15) is 0 Å². The van der Waals surface area contributed by atoms with Crippen molar-refractivity contribution in [1.82, 2.24) is 9.88 Å². The number of anilines is 1. The molecule has 3 heterocycles. The van der Waals surface area contributed by atoms with E-state index in [4.69, 9.17) is 11.6 Å². The third-order valence-corrected chi connectivity index (χ3v) is 7.64. The smallest absolute Gasteiger partial charge is 0.226 e. The Morgan fingerprint density at radius 1 is 1.27 bits per heavy atom. The summed E-state index contributed by atoms with van der Waals surface area (Å²) in [4.78, 5) is 33.3. The lowest BCUT2D eigenvalue weighted by atomic mass is 10.1. The molecule has 2 amide bonds. The van der Waals surface area contributed by atoms with Crippen LogP contribution in [0.3, 0.4) is 0 Å². The zero-order chi connectivity index (χ0) is 21.1. The maximum atomic E-state index is 12.5. The number of aromatic nitrogens is 1. The Hall–Kier alpha value is -2.22. The summed E-state index contributed by atoms with van der Waals surface area (Å²) >= 11 is 9.55. The number of carbonyl (C=O) groups excluding carboxylic acids is 2. The topological polar surface area (TPSA) is 62.3 Å². The summed E-state index contributed by atoms with van der Waals surface area (Å²) in [7, 11) is 0. The third kappa shape index (κ3) is 4.91. The number of rotatable bonds is 6. The second kappa shape index (κ2) is 9.29. The molecule has 4 rings (SSSR count). The number of carbonyl (C=O) groups is 2. The predicted molar refractivity (Wildman–Crippen MR) is 122 cm³/mol. The molecular weight excluding hydrogens is 438 g/mol. The molecule has 2 aromatic heterocycles. The van der Waals surface area contributed by atoms with Gasteiger partial charge in [0.15, 0.2) is 5.13 Å². The van der Waals surface area contributed by atoms with Gasteiger partial charge in [0.05, 0.1) is 0 Å². The van der Waals surface area contributed by atoms with Gasteiger partial charge in [-0.15, -0.1) is 22.7 Å². The van der Waals surface area contributed by atoms with Gasteiger partial charge in [0, 0.05) is 53.3 Å². The molecule has 3 aromatic rings. The first-order valence-corrected chi connectivity index (χ1v) is 11.9. The van der Waals surface area contributed by atoms with E-state index in [-0.39, 0.29) is 24.7 Å². The number of hydrogen-bond acceptors (Lipinski definition) is 5. The second-order valence-electron chi connectivity index (χ2n) is 7.34. The molecule has 0 radical (unpaired) electrons. The van der Waals surface area contributed by atoms with E-state index in [0.717, 1.165) is 34.0 Å². The average molecular weight is 460 g/mol. The van der Waals surface area contributed by atoms with Crippen LogP contribution in [0.25, 0.3) is 0 Å². The standard InChI is InChI=1S/C22H22ClN3O2S2/c1-14-3-2-4-15(21(14)23)11-17-12-24-22(30-17)25-19(27)5-6-20(28)26-9-7-18-16(13-26)8-10-29-18/h2-4,8,10,12H,5-7,9,11,13H2,1H3,(H,24,25,27). The van der Waals surface area contributed by atoms with Crippen molar-refractivity contribution in [3.8, 4) is 0 Å². The fourth-order valence-corrected chi connectivity index (χ4v) is 5.44. The van der Waals surface area contributed by atoms with Crippen LogP contribution in [-0.4, -0.2) is 28.2 Å². The van der Waals surface area contributed by atoms with Gasteiger partial charge in [-0.05, 0) is 41.5 Å². The Balaban J connectivity index is 1.26. The van der Waals surface area contributed by atoms with Crippen molar-refractivity contribution in [2.24, 2.45) is 0 Å². The number of thiazole rings is 1. The van der Waals surface area contributed by atoms with Crippen molar-refractivity contribution in [3.05, 3.63) is 67.3 Å². The normalized spacial score (nSPS) is 13.2. The first kappa shape index (κ1) is 21.0. The lowest BCUT2D eigenvalue weighted by Gasteiger charge is -2.27. The van der Waals surface area contributed by atoms with Gasteiger partial charge in [0.25, 0.3) is 0 Å². The zero-order valence-electron chi connectivity index (χ0n) is 16.6. The number of amides is 2. The SMILES string of the molecule is Cc1cccc(Cc2cnc(NC(=O)CCC(=O)N3CCc4sccc4C3)s2)c1Cl. The molecule has 5 nitrogen and oxygen atoms in total. The van der Waals surface area contributed by atoms with Gasteiger partial charge >= 0.3 is 0 Å². The van der Waals surface area contributed by atoms with Crippen LogP contribution in [0.2, 0.25) is 5.02 Å². The van der Waals surface area contributed by atoms with Crippen LogP contribution in [0.5, 0.6) is 0 Å². The molecule has 156 valence electrons. The second-order valence-corrected chi connectivity index (χ2v) is 9.83. The molecule has 1 N–H and O–H groups in total. The number of thiophene rings is 1. The van der Waals surface area contributed by atoms with Crippen molar-refractivity contribution in [2.45, 2.75) is 39.2 Å². The van der Waals surface area contributed by atoms with E-state index in [1.165, 1.54) is 21.8 Å². The molecule has 0 saturated heterocycles. The molecule has 0 aliphatic carbocycles. The summed E-state index contributed by atoms with van der Waals surface area (Å²) in [5.41, 5.74) is 3.31. The summed E-state index contributed by atoms with van der Waals surface area (Å²) in [6.45, 7) is 3.36. The summed E-state index contributed by atoms with van der Waals surface area (Å²) in [5.74, 6) is -0.165. The van der Waals surface area contributed by atoms with Gasteiger partial charge in [-0.3, -0.25) is 9.59 Å². The number of nitrogens with zero attached hydrogens (tertiary/aromatic N) is 2. The summed E-state index contributed by atoms with van der Waals surface area (Å²) in [6, 6.07) is 8.04. The minimum Gasteiger partial charge on any atom is -0.338 e. The van der Waals surface area contributed by atoms with Crippen LogP contribution in [0.1, 0.15) is 39.3 Å². The maximum Gasteiger partial charge on any atom is 0.226 e. The molecule has 0 bridgehead atoms. The molecule has 30 heavy (non-hydrogen) atoms. The molecule has 8 heteroatoms. The van der Waals surface area contributed by atoms with Crippen LogP contribution in [0.15, 0.2) is 35.8 Å². The number of halogens is 1. The average Bonchev–Trinajstić information content (AvgIpc) is 3.38. The van der Waals surface area contributed by atoms with E-state index in [9.17, 15) is 9.59 Å². The number of nitrogens with one attached hydrogen (secondary N) is 1. The number of fused-ring (bicyclic) bond motifs is 1. The minimum atomic E-state index is -0.189. The van der Waals surface area contributed by atoms with Crippen LogP contribution in [0.4, 0.5) is 5.13 Å². The minimum absolute atomic E-state index is 0.0240. The molecule has 1 aliphatic rings. The van der Waals surface area contributed by atoms with Crippen molar-refractivity contribution in [2.75, 3.05) is 11.9 Å². The van der Waals surface area contributed by atoms with E-state index >= 15 is 0 Å². The first-order valence-electron chi connectivity index (χ1n) is 9.81. The Bertz CT molecular complexity index is 1080. The highest BCUT2D eigenvalue weighted by Gasteiger charge is 2.22. The fourth-order valence-electron chi connectivity index (χ4n) is 3.50. The Morgan fingerprint density at radius 3 is 3.00 bits per heavy atom. The molecule has 0 saturated carbocycles. The quantitative estimate of drug-likeness (QED) is 0.560. The highest BCUT2D eigenvalue weighted by atomic mass is 35.5. The lowest BCUT2D eigenvalue weighted by Crippen LogP contribution is -2.35. The molecule has 0 atom stereocenters. The highest BCUT2D eigenvalue weighted by molar-refractivity contribution is 7.15. The Kier molecular flexibility index (Phi) is 6.51. The van der Waals surface area contributed by atoms with E-state index in [0.29, 0.717) is 18.1 Å². The summed E-state index contributed by atoms with van der Waals surface area (Å²) in [5, 5.41) is 6.20. The molecule has 0 fully saturated rings. The van der Waals surface area contributed by atoms with Gasteiger partial charge in [-0.25, -0.2) is 4.98 Å². The van der Waals surface area contributed by atoms with Crippen molar-refractivity contribution in [3.63, 3.8) is 0 Å². The van der Waals surface area contributed by atoms with Gasteiger partial charge < -0.3 is 10.2 Å². The largest absolute Gasteiger partial charge is 0.338 e. The zero-order valence-corrected chi connectivity index (χ0v) is 19.0. The van der Waals surface area contributed by atoms with Gasteiger partial charge in [-0.2, -0.15) is 0 Å². The molecule has 0 unspecified atom stereocenters.